The Hall–Kier alpha value is -2.88. The fourth-order valence-electron chi connectivity index (χ4n) is 3.49. The van der Waals surface area contributed by atoms with E-state index in [4.69, 9.17) is 0 Å². The van der Waals surface area contributed by atoms with Gasteiger partial charge in [-0.2, -0.15) is 0 Å². The lowest BCUT2D eigenvalue weighted by Gasteiger charge is -2.25. The lowest BCUT2D eigenvalue weighted by Crippen LogP contribution is -2.30. The van der Waals surface area contributed by atoms with Crippen molar-refractivity contribution >= 4 is 17.4 Å². The summed E-state index contributed by atoms with van der Waals surface area (Å²) in [5, 5.41) is 10.9. The second kappa shape index (κ2) is 7.78. The number of aliphatic hydroxyl groups excluding tert-OH is 1. The number of nitrogens with zero attached hydrogens (tertiary/aromatic N) is 1. The van der Waals surface area contributed by atoms with Gasteiger partial charge in [0.25, 0.3) is 11.7 Å². The first-order valence-electron chi connectivity index (χ1n) is 9.36. The Bertz CT molecular complexity index is 896. The van der Waals surface area contributed by atoms with E-state index in [0.717, 1.165) is 29.5 Å². The highest BCUT2D eigenvalue weighted by molar-refractivity contribution is 6.46. The topological polar surface area (TPSA) is 57.6 Å². The third kappa shape index (κ3) is 3.65. The van der Waals surface area contributed by atoms with Gasteiger partial charge in [0.1, 0.15) is 5.76 Å². The van der Waals surface area contributed by atoms with Crippen LogP contribution in [0.2, 0.25) is 0 Å². The molecule has 1 unspecified atom stereocenters. The van der Waals surface area contributed by atoms with Crippen LogP contribution in [0.5, 0.6) is 0 Å². The van der Waals surface area contributed by atoms with E-state index in [9.17, 15) is 14.7 Å². The Balaban J connectivity index is 2.16. The predicted octanol–water partition coefficient (Wildman–Crippen LogP) is 4.53. The van der Waals surface area contributed by atoms with Crippen LogP contribution < -0.4 is 0 Å². The number of carbonyl (C=O) groups excluding carboxylic acids is 2. The Kier molecular flexibility index (Phi) is 5.45. The summed E-state index contributed by atoms with van der Waals surface area (Å²) in [5.41, 5.74) is 3.67. The van der Waals surface area contributed by atoms with Gasteiger partial charge in [0.15, 0.2) is 0 Å². The average molecular weight is 363 g/mol. The maximum absolute atomic E-state index is 12.8. The molecule has 4 heteroatoms. The largest absolute Gasteiger partial charge is 0.507 e. The second-order valence-electron chi connectivity index (χ2n) is 7.13. The Morgan fingerprint density at radius 2 is 1.74 bits per heavy atom. The van der Waals surface area contributed by atoms with Crippen molar-refractivity contribution in [3.63, 3.8) is 0 Å². The van der Waals surface area contributed by atoms with Gasteiger partial charge in [-0.05, 0) is 25.8 Å². The summed E-state index contributed by atoms with van der Waals surface area (Å²) in [7, 11) is 0. The second-order valence-corrected chi connectivity index (χ2v) is 7.13. The van der Waals surface area contributed by atoms with Crippen LogP contribution in [0.4, 0.5) is 0 Å². The molecule has 1 amide bonds. The molecular formula is C23H25NO3. The third-order valence-electron chi connectivity index (χ3n) is 4.98. The van der Waals surface area contributed by atoms with Gasteiger partial charge in [0.05, 0.1) is 11.6 Å². The van der Waals surface area contributed by atoms with Crippen LogP contribution in [-0.4, -0.2) is 28.2 Å². The molecule has 27 heavy (non-hydrogen) atoms. The van der Waals surface area contributed by atoms with E-state index in [-0.39, 0.29) is 11.3 Å². The van der Waals surface area contributed by atoms with Gasteiger partial charge < -0.3 is 10.0 Å². The number of hydrogen-bond donors (Lipinski definition) is 1. The van der Waals surface area contributed by atoms with Crippen LogP contribution in [-0.2, 0) is 9.59 Å². The lowest BCUT2D eigenvalue weighted by molar-refractivity contribution is -0.139. The van der Waals surface area contributed by atoms with Crippen molar-refractivity contribution in [1.82, 2.24) is 4.90 Å². The highest BCUT2D eigenvalue weighted by Gasteiger charge is 2.45. The molecule has 0 bridgehead atoms. The zero-order valence-corrected chi connectivity index (χ0v) is 16.0. The maximum atomic E-state index is 12.8. The molecule has 1 N–H and O–H groups in total. The number of carbonyl (C=O) groups is 2. The number of benzene rings is 2. The normalized spacial score (nSPS) is 18.9. The van der Waals surface area contributed by atoms with Gasteiger partial charge in [0.2, 0.25) is 0 Å². The minimum Gasteiger partial charge on any atom is -0.507 e. The zero-order chi connectivity index (χ0) is 19.6. The van der Waals surface area contributed by atoms with Crippen LogP contribution >= 0.6 is 0 Å². The van der Waals surface area contributed by atoms with Crippen LogP contribution in [0.25, 0.3) is 5.76 Å². The summed E-state index contributed by atoms with van der Waals surface area (Å²) in [6, 6.07) is 14.5. The molecule has 0 radical (unpaired) electrons. The summed E-state index contributed by atoms with van der Waals surface area (Å²) in [6.07, 6.45) is 1.72. The highest BCUT2D eigenvalue weighted by atomic mass is 16.3. The fraction of sp³-hybridized carbons (Fsp3) is 0.304. The van der Waals surface area contributed by atoms with Crippen LogP contribution in [0, 0.1) is 13.8 Å². The molecule has 2 aromatic carbocycles. The Morgan fingerprint density at radius 3 is 2.37 bits per heavy atom. The van der Waals surface area contributed by atoms with E-state index in [1.54, 1.807) is 17.0 Å². The van der Waals surface area contributed by atoms with Crippen molar-refractivity contribution in [3.05, 3.63) is 76.4 Å². The van der Waals surface area contributed by atoms with Crippen molar-refractivity contribution in [2.24, 2.45) is 0 Å². The summed E-state index contributed by atoms with van der Waals surface area (Å²) < 4.78 is 0. The molecule has 4 nitrogen and oxygen atoms in total. The molecule has 1 saturated heterocycles. The van der Waals surface area contributed by atoms with Gasteiger partial charge in [-0.25, -0.2) is 0 Å². The van der Waals surface area contributed by atoms with E-state index in [1.165, 1.54) is 0 Å². The molecule has 1 aliphatic rings. The van der Waals surface area contributed by atoms with Gasteiger partial charge in [-0.1, -0.05) is 73.0 Å². The molecule has 2 aromatic rings. The Labute approximate surface area is 160 Å². The highest BCUT2D eigenvalue weighted by Crippen LogP contribution is 2.39. The predicted molar refractivity (Wildman–Crippen MR) is 106 cm³/mol. The van der Waals surface area contributed by atoms with Crippen molar-refractivity contribution in [3.8, 4) is 0 Å². The van der Waals surface area contributed by atoms with Crippen molar-refractivity contribution in [2.75, 3.05) is 6.54 Å². The fourth-order valence-corrected chi connectivity index (χ4v) is 3.49. The molecule has 1 heterocycles. The number of ketones is 1. The molecule has 1 atom stereocenters. The number of hydrogen-bond acceptors (Lipinski definition) is 3. The number of aryl methyl sites for hydroxylation is 2. The van der Waals surface area contributed by atoms with Crippen molar-refractivity contribution < 1.29 is 14.7 Å². The van der Waals surface area contributed by atoms with Gasteiger partial charge in [-0.3, -0.25) is 9.59 Å². The maximum Gasteiger partial charge on any atom is 0.295 e. The smallest absolute Gasteiger partial charge is 0.295 e. The number of rotatable bonds is 5. The third-order valence-corrected chi connectivity index (χ3v) is 4.98. The molecule has 1 fully saturated rings. The molecule has 1 aliphatic heterocycles. The van der Waals surface area contributed by atoms with E-state index < -0.39 is 17.7 Å². The van der Waals surface area contributed by atoms with E-state index >= 15 is 0 Å². The number of likely N-dealkylation sites (tertiary alicyclic amines) is 1. The molecule has 3 rings (SSSR count). The van der Waals surface area contributed by atoms with Gasteiger partial charge >= 0.3 is 0 Å². The van der Waals surface area contributed by atoms with Crippen LogP contribution in [0.15, 0.2) is 54.1 Å². The first-order valence-corrected chi connectivity index (χ1v) is 9.36. The number of unbranched alkanes of at least 4 members (excludes halogenated alkanes) is 1. The first kappa shape index (κ1) is 18.9. The molecule has 140 valence electrons. The molecular weight excluding hydrogens is 338 g/mol. The zero-order valence-electron chi connectivity index (χ0n) is 16.0. The standard InChI is InChI=1S/C23H25NO3/c1-4-5-13-24-20(18-8-6-7-16(3)14-18)19(22(26)23(24)27)21(25)17-11-9-15(2)10-12-17/h6-12,14,20,25H,4-5,13H2,1-3H3/b21-19-. The van der Waals surface area contributed by atoms with Crippen molar-refractivity contribution in [1.29, 1.82) is 0 Å². The van der Waals surface area contributed by atoms with E-state index in [1.807, 2.05) is 57.2 Å². The first-order chi connectivity index (χ1) is 12.9. The van der Waals surface area contributed by atoms with Gasteiger partial charge in [0, 0.05) is 12.1 Å². The molecule has 0 saturated carbocycles. The van der Waals surface area contributed by atoms with Crippen LogP contribution in [0.1, 0.15) is 48.1 Å². The minimum atomic E-state index is -0.615. The number of Topliss-reactive ketones (excluding diaryl/α,β-unsaturated/α-hetero) is 1. The summed E-state index contributed by atoms with van der Waals surface area (Å²) >= 11 is 0. The van der Waals surface area contributed by atoms with E-state index in [0.29, 0.717) is 12.1 Å². The SMILES string of the molecule is CCCCN1C(=O)C(=O)/C(=C(\O)c2ccc(C)cc2)C1c1cccc(C)c1. The van der Waals surface area contributed by atoms with Gasteiger partial charge in [-0.15, -0.1) is 0 Å². The summed E-state index contributed by atoms with van der Waals surface area (Å²) in [4.78, 5) is 27.1. The quantitative estimate of drug-likeness (QED) is 0.482. The lowest BCUT2D eigenvalue weighted by atomic mass is 9.94. The molecule has 0 aromatic heterocycles. The summed E-state index contributed by atoms with van der Waals surface area (Å²) in [5.74, 6) is -1.27. The monoisotopic (exact) mass is 363 g/mol. The average Bonchev–Trinajstić information content (AvgIpc) is 2.91. The number of amides is 1. The molecule has 0 aliphatic carbocycles. The summed E-state index contributed by atoms with van der Waals surface area (Å²) in [6.45, 7) is 6.47. The van der Waals surface area contributed by atoms with Crippen LogP contribution in [0.3, 0.4) is 0 Å². The minimum absolute atomic E-state index is 0.112. The van der Waals surface area contributed by atoms with E-state index in [2.05, 4.69) is 0 Å². The Morgan fingerprint density at radius 1 is 1.04 bits per heavy atom. The molecule has 0 spiro atoms. The van der Waals surface area contributed by atoms with Crippen molar-refractivity contribution in [2.45, 2.75) is 39.7 Å². The number of aliphatic hydroxyl groups is 1.